The molecule has 22 heavy (non-hydrogen) atoms. The van der Waals surface area contributed by atoms with Crippen molar-refractivity contribution in [1.82, 2.24) is 15.8 Å². The minimum atomic E-state index is 0.0323. The molecule has 0 spiro atoms. The number of carbonyl (C=O) groups is 1. The standard InChI is InChI=1S/C18H27N3O/c1-18(2,3)16-12-15(19-20-16)13-21(4)17(22)11-10-14-8-6-5-7-9-14/h5-11,15-16,19-20H,12-13H2,1-4H3/b11-10+. The van der Waals surface area contributed by atoms with Crippen LogP contribution in [-0.4, -0.2) is 36.5 Å². The Bertz CT molecular complexity index is 519. The van der Waals surface area contributed by atoms with Gasteiger partial charge in [0.2, 0.25) is 5.91 Å². The van der Waals surface area contributed by atoms with Crippen molar-refractivity contribution in [1.29, 1.82) is 0 Å². The third kappa shape index (κ3) is 4.68. The van der Waals surface area contributed by atoms with Gasteiger partial charge in [-0.15, -0.1) is 0 Å². The molecule has 120 valence electrons. The van der Waals surface area contributed by atoms with Crippen LogP contribution in [0.4, 0.5) is 0 Å². The van der Waals surface area contributed by atoms with Gasteiger partial charge in [-0.2, -0.15) is 0 Å². The van der Waals surface area contributed by atoms with Crippen LogP contribution in [0.15, 0.2) is 36.4 Å². The summed E-state index contributed by atoms with van der Waals surface area (Å²) in [6.07, 6.45) is 4.53. The molecule has 1 amide bonds. The van der Waals surface area contributed by atoms with Gasteiger partial charge < -0.3 is 4.90 Å². The smallest absolute Gasteiger partial charge is 0.246 e. The summed E-state index contributed by atoms with van der Waals surface area (Å²) in [6, 6.07) is 10.6. The second-order valence-corrected chi connectivity index (χ2v) is 7.10. The van der Waals surface area contributed by atoms with Crippen LogP contribution in [0.25, 0.3) is 6.08 Å². The SMILES string of the molecule is CN(CC1CC(C(C)(C)C)NN1)C(=O)/C=C/c1ccccc1. The van der Waals surface area contributed by atoms with E-state index in [0.717, 1.165) is 12.0 Å². The number of nitrogens with zero attached hydrogens (tertiary/aromatic N) is 1. The lowest BCUT2D eigenvalue weighted by Gasteiger charge is -2.26. The van der Waals surface area contributed by atoms with E-state index < -0.39 is 0 Å². The van der Waals surface area contributed by atoms with Crippen molar-refractivity contribution in [3.05, 3.63) is 42.0 Å². The molecule has 4 nitrogen and oxygen atoms in total. The van der Waals surface area contributed by atoms with Crippen LogP contribution < -0.4 is 10.9 Å². The van der Waals surface area contributed by atoms with Crippen LogP contribution in [0.3, 0.4) is 0 Å². The van der Waals surface area contributed by atoms with Gasteiger partial charge in [0.05, 0.1) is 0 Å². The molecule has 1 aromatic carbocycles. The first kappa shape index (κ1) is 16.7. The average Bonchev–Trinajstić information content (AvgIpc) is 2.94. The van der Waals surface area contributed by atoms with Crippen molar-refractivity contribution in [3.63, 3.8) is 0 Å². The molecule has 1 aliphatic rings. The summed E-state index contributed by atoms with van der Waals surface area (Å²) < 4.78 is 0. The zero-order valence-electron chi connectivity index (χ0n) is 14.0. The van der Waals surface area contributed by atoms with Gasteiger partial charge in [0.25, 0.3) is 0 Å². The van der Waals surface area contributed by atoms with E-state index in [0.29, 0.717) is 18.6 Å². The van der Waals surface area contributed by atoms with Crippen LogP contribution in [0.2, 0.25) is 0 Å². The molecule has 0 radical (unpaired) electrons. The van der Waals surface area contributed by atoms with Crippen molar-refractivity contribution in [3.8, 4) is 0 Å². The van der Waals surface area contributed by atoms with Crippen molar-refractivity contribution in [2.24, 2.45) is 5.41 Å². The van der Waals surface area contributed by atoms with E-state index in [9.17, 15) is 4.79 Å². The molecular weight excluding hydrogens is 274 g/mol. The Morgan fingerprint density at radius 1 is 1.27 bits per heavy atom. The van der Waals surface area contributed by atoms with Crippen molar-refractivity contribution < 1.29 is 4.79 Å². The molecule has 1 aliphatic heterocycles. The third-order valence-corrected chi connectivity index (χ3v) is 4.12. The van der Waals surface area contributed by atoms with Crippen LogP contribution in [-0.2, 0) is 4.79 Å². The van der Waals surface area contributed by atoms with Crippen LogP contribution in [0, 0.1) is 5.41 Å². The summed E-state index contributed by atoms with van der Waals surface area (Å²) in [5.41, 5.74) is 7.91. The lowest BCUT2D eigenvalue weighted by molar-refractivity contribution is -0.125. The van der Waals surface area contributed by atoms with E-state index in [1.807, 2.05) is 43.5 Å². The Labute approximate surface area is 133 Å². The van der Waals surface area contributed by atoms with Gasteiger partial charge in [0, 0.05) is 31.8 Å². The molecule has 0 aliphatic carbocycles. The van der Waals surface area contributed by atoms with Gasteiger partial charge in [-0.1, -0.05) is 51.1 Å². The summed E-state index contributed by atoms with van der Waals surface area (Å²) in [7, 11) is 1.85. The molecule has 0 aromatic heterocycles. The summed E-state index contributed by atoms with van der Waals surface area (Å²) in [6.45, 7) is 7.39. The summed E-state index contributed by atoms with van der Waals surface area (Å²) in [5, 5.41) is 0. The highest BCUT2D eigenvalue weighted by atomic mass is 16.2. The number of carbonyl (C=O) groups excluding carboxylic acids is 1. The number of hydrazine groups is 1. The Balaban J connectivity index is 1.84. The first-order valence-corrected chi connectivity index (χ1v) is 7.85. The van der Waals surface area contributed by atoms with E-state index in [-0.39, 0.29) is 11.3 Å². The molecule has 2 atom stereocenters. The largest absolute Gasteiger partial charge is 0.341 e. The lowest BCUT2D eigenvalue weighted by Crippen LogP contribution is -2.42. The summed E-state index contributed by atoms with van der Waals surface area (Å²) >= 11 is 0. The van der Waals surface area contributed by atoms with E-state index >= 15 is 0 Å². The fourth-order valence-electron chi connectivity index (χ4n) is 2.59. The molecular formula is C18H27N3O. The third-order valence-electron chi connectivity index (χ3n) is 4.12. The Kier molecular flexibility index (Phi) is 5.37. The van der Waals surface area contributed by atoms with E-state index in [1.54, 1.807) is 11.0 Å². The second kappa shape index (κ2) is 7.07. The Morgan fingerprint density at radius 3 is 2.55 bits per heavy atom. The van der Waals surface area contributed by atoms with E-state index in [4.69, 9.17) is 0 Å². The van der Waals surface area contributed by atoms with Crippen LogP contribution >= 0.6 is 0 Å². The molecule has 0 saturated carbocycles. The molecule has 1 heterocycles. The van der Waals surface area contributed by atoms with Gasteiger partial charge in [-0.3, -0.25) is 15.6 Å². The average molecular weight is 301 g/mol. The molecule has 2 unspecified atom stereocenters. The Morgan fingerprint density at radius 2 is 1.95 bits per heavy atom. The topological polar surface area (TPSA) is 44.4 Å². The first-order chi connectivity index (χ1) is 10.4. The fourth-order valence-corrected chi connectivity index (χ4v) is 2.59. The molecule has 4 heteroatoms. The Hall–Kier alpha value is -1.65. The minimum absolute atomic E-state index is 0.0323. The van der Waals surface area contributed by atoms with Crippen LogP contribution in [0.5, 0.6) is 0 Å². The minimum Gasteiger partial charge on any atom is -0.341 e. The second-order valence-electron chi connectivity index (χ2n) is 7.10. The summed E-state index contributed by atoms with van der Waals surface area (Å²) in [4.78, 5) is 13.9. The quantitative estimate of drug-likeness (QED) is 0.840. The normalized spacial score (nSPS) is 22.2. The van der Waals surface area contributed by atoms with Crippen LogP contribution in [0.1, 0.15) is 32.8 Å². The van der Waals surface area contributed by atoms with Crippen molar-refractivity contribution in [2.75, 3.05) is 13.6 Å². The molecule has 1 aromatic rings. The molecule has 2 rings (SSSR count). The highest BCUT2D eigenvalue weighted by Crippen LogP contribution is 2.25. The van der Waals surface area contributed by atoms with Gasteiger partial charge >= 0.3 is 0 Å². The number of rotatable bonds is 4. The molecule has 0 bridgehead atoms. The molecule has 1 fully saturated rings. The number of amides is 1. The van der Waals surface area contributed by atoms with Crippen molar-refractivity contribution in [2.45, 2.75) is 39.3 Å². The van der Waals surface area contributed by atoms with Gasteiger partial charge in [0.15, 0.2) is 0 Å². The fraction of sp³-hybridized carbons (Fsp3) is 0.500. The van der Waals surface area contributed by atoms with E-state index in [1.165, 1.54) is 0 Å². The zero-order chi connectivity index (χ0) is 16.2. The number of likely N-dealkylation sites (N-methyl/N-ethyl adjacent to an activating group) is 1. The van der Waals surface area contributed by atoms with Gasteiger partial charge in [-0.05, 0) is 23.5 Å². The van der Waals surface area contributed by atoms with E-state index in [2.05, 4.69) is 31.6 Å². The molecule has 1 saturated heterocycles. The maximum absolute atomic E-state index is 12.2. The summed E-state index contributed by atoms with van der Waals surface area (Å²) in [5.74, 6) is 0.0323. The van der Waals surface area contributed by atoms with Crippen molar-refractivity contribution >= 4 is 12.0 Å². The highest BCUT2D eigenvalue weighted by Gasteiger charge is 2.33. The maximum Gasteiger partial charge on any atom is 0.246 e. The van der Waals surface area contributed by atoms with Gasteiger partial charge in [-0.25, -0.2) is 0 Å². The lowest BCUT2D eigenvalue weighted by atomic mass is 9.84. The number of nitrogens with one attached hydrogen (secondary N) is 2. The first-order valence-electron chi connectivity index (χ1n) is 7.85. The highest BCUT2D eigenvalue weighted by molar-refractivity contribution is 5.91. The monoisotopic (exact) mass is 301 g/mol. The zero-order valence-corrected chi connectivity index (χ0v) is 14.0. The number of hydrogen-bond acceptors (Lipinski definition) is 3. The maximum atomic E-state index is 12.2. The van der Waals surface area contributed by atoms with Gasteiger partial charge in [0.1, 0.15) is 0 Å². The number of benzene rings is 1. The predicted molar refractivity (Wildman–Crippen MR) is 91.0 cm³/mol. The number of hydrogen-bond donors (Lipinski definition) is 2. The molecule has 2 N–H and O–H groups in total. The predicted octanol–water partition coefficient (Wildman–Crippen LogP) is 2.44.